The summed E-state index contributed by atoms with van der Waals surface area (Å²) in [6.45, 7) is 7.32. The summed E-state index contributed by atoms with van der Waals surface area (Å²) >= 11 is 0. The highest BCUT2D eigenvalue weighted by molar-refractivity contribution is 5.46. The summed E-state index contributed by atoms with van der Waals surface area (Å²) in [6.07, 6.45) is 2.67. The van der Waals surface area contributed by atoms with Crippen LogP contribution >= 0.6 is 0 Å². The molecule has 8 nitrogen and oxygen atoms in total. The van der Waals surface area contributed by atoms with Crippen LogP contribution in [0.4, 0.5) is 0 Å². The second-order valence-corrected chi connectivity index (χ2v) is 5.33. The highest BCUT2D eigenvalue weighted by atomic mass is 16.6. The van der Waals surface area contributed by atoms with Crippen LogP contribution in [0.15, 0.2) is 16.9 Å². The largest absolute Gasteiger partial charge is 0.477 e. The van der Waals surface area contributed by atoms with E-state index in [-0.39, 0.29) is 0 Å². The number of hydrogen-bond acceptors (Lipinski definition) is 8. The van der Waals surface area contributed by atoms with E-state index in [4.69, 9.17) is 18.7 Å². The van der Waals surface area contributed by atoms with Crippen LogP contribution in [0.1, 0.15) is 32.8 Å². The molecule has 3 rings (SSSR count). The summed E-state index contributed by atoms with van der Waals surface area (Å²) in [5.74, 6) is 1.19. The molecule has 0 saturated carbocycles. The average Bonchev–Trinajstić information content (AvgIpc) is 2.97. The molecule has 1 fully saturated rings. The molecule has 118 valence electrons. The summed E-state index contributed by atoms with van der Waals surface area (Å²) in [4.78, 5) is 12.7. The lowest BCUT2D eigenvalue weighted by Crippen LogP contribution is -2.40. The van der Waals surface area contributed by atoms with Gasteiger partial charge in [0, 0.05) is 0 Å². The van der Waals surface area contributed by atoms with Gasteiger partial charge in [-0.15, -0.1) is 0 Å². The number of aromatic nitrogens is 4. The highest BCUT2D eigenvalue weighted by Crippen LogP contribution is 2.34. The molecule has 0 aromatic carbocycles. The lowest BCUT2D eigenvalue weighted by Gasteiger charge is -2.35. The Hall–Kier alpha value is -2.06. The summed E-state index contributed by atoms with van der Waals surface area (Å²) in [7, 11) is 0. The van der Waals surface area contributed by atoms with Crippen molar-refractivity contribution < 1.29 is 18.7 Å². The van der Waals surface area contributed by atoms with Gasteiger partial charge in [0.25, 0.3) is 5.89 Å². The molecular weight excluding hydrogens is 288 g/mol. The van der Waals surface area contributed by atoms with E-state index in [0.717, 1.165) is 0 Å². The normalized spacial score (nSPS) is 20.8. The zero-order valence-electron chi connectivity index (χ0n) is 12.8. The fraction of sp³-hybridized carbons (Fsp3) is 0.571. The maximum Gasteiger partial charge on any atom is 0.259 e. The molecule has 1 unspecified atom stereocenters. The first-order valence-corrected chi connectivity index (χ1v) is 7.14. The molecular formula is C14H18N4O4. The SMILES string of the molecule is CCOc1cnc(-c2noc(C3OCCOC3(C)C)n2)cn1. The van der Waals surface area contributed by atoms with Crippen molar-refractivity contribution in [3.05, 3.63) is 18.3 Å². The van der Waals surface area contributed by atoms with E-state index in [1.807, 2.05) is 20.8 Å². The Morgan fingerprint density at radius 2 is 2.14 bits per heavy atom. The Bertz CT molecular complexity index is 626. The number of nitrogens with zero attached hydrogens (tertiary/aromatic N) is 4. The van der Waals surface area contributed by atoms with Crippen LogP contribution in [0.5, 0.6) is 5.88 Å². The van der Waals surface area contributed by atoms with Gasteiger partial charge < -0.3 is 18.7 Å². The zero-order chi connectivity index (χ0) is 15.6. The minimum Gasteiger partial charge on any atom is -0.477 e. The highest BCUT2D eigenvalue weighted by Gasteiger charge is 2.39. The van der Waals surface area contributed by atoms with Crippen molar-refractivity contribution in [3.8, 4) is 17.4 Å². The molecule has 1 saturated heterocycles. The quantitative estimate of drug-likeness (QED) is 0.844. The molecule has 2 aromatic rings. The number of hydrogen-bond donors (Lipinski definition) is 0. The lowest BCUT2D eigenvalue weighted by molar-refractivity contribution is -0.197. The van der Waals surface area contributed by atoms with Crippen molar-refractivity contribution in [1.29, 1.82) is 0 Å². The summed E-state index contributed by atoms with van der Waals surface area (Å²) in [5.41, 5.74) is -0.0139. The molecule has 1 aliphatic heterocycles. The van der Waals surface area contributed by atoms with Gasteiger partial charge >= 0.3 is 0 Å². The van der Waals surface area contributed by atoms with E-state index in [1.165, 1.54) is 6.20 Å². The maximum atomic E-state index is 5.70. The Morgan fingerprint density at radius 1 is 1.27 bits per heavy atom. The monoisotopic (exact) mass is 306 g/mol. The molecule has 8 heteroatoms. The van der Waals surface area contributed by atoms with Crippen molar-refractivity contribution in [1.82, 2.24) is 20.1 Å². The van der Waals surface area contributed by atoms with Crippen molar-refractivity contribution >= 4 is 0 Å². The molecule has 0 amide bonds. The predicted molar refractivity (Wildman–Crippen MR) is 75.2 cm³/mol. The van der Waals surface area contributed by atoms with Crippen LogP contribution in [0.3, 0.4) is 0 Å². The third-order valence-corrected chi connectivity index (χ3v) is 3.29. The van der Waals surface area contributed by atoms with E-state index in [0.29, 0.717) is 43.1 Å². The van der Waals surface area contributed by atoms with Crippen molar-refractivity contribution in [2.45, 2.75) is 32.5 Å². The fourth-order valence-electron chi connectivity index (χ4n) is 2.22. The van der Waals surface area contributed by atoms with Gasteiger partial charge in [-0.2, -0.15) is 4.98 Å². The smallest absolute Gasteiger partial charge is 0.259 e. The molecule has 0 N–H and O–H groups in total. The standard InChI is InChI=1S/C14H18N4O4/c1-4-19-10-8-15-9(7-16-10)12-17-13(22-18-12)11-14(2,3)21-6-5-20-11/h7-8,11H,4-6H2,1-3H3. The van der Waals surface area contributed by atoms with Crippen LogP contribution < -0.4 is 4.74 Å². The van der Waals surface area contributed by atoms with Gasteiger partial charge in [-0.3, -0.25) is 0 Å². The average molecular weight is 306 g/mol. The third-order valence-electron chi connectivity index (χ3n) is 3.29. The molecule has 2 aromatic heterocycles. The Morgan fingerprint density at radius 3 is 2.82 bits per heavy atom. The Labute approximate surface area is 127 Å². The molecule has 1 aliphatic rings. The molecule has 0 radical (unpaired) electrons. The van der Waals surface area contributed by atoms with Crippen molar-refractivity contribution in [3.63, 3.8) is 0 Å². The van der Waals surface area contributed by atoms with E-state index in [2.05, 4.69) is 20.1 Å². The summed E-state index contributed by atoms with van der Waals surface area (Å²) in [6, 6.07) is 0. The first-order valence-electron chi connectivity index (χ1n) is 7.14. The minimum atomic E-state index is -0.521. The topological polar surface area (TPSA) is 92.4 Å². The van der Waals surface area contributed by atoms with Gasteiger partial charge in [0.2, 0.25) is 11.7 Å². The van der Waals surface area contributed by atoms with E-state index in [1.54, 1.807) is 6.20 Å². The van der Waals surface area contributed by atoms with Crippen molar-refractivity contribution in [2.75, 3.05) is 19.8 Å². The van der Waals surface area contributed by atoms with Gasteiger partial charge in [-0.05, 0) is 20.8 Å². The van der Waals surface area contributed by atoms with Gasteiger partial charge in [0.1, 0.15) is 5.69 Å². The summed E-state index contributed by atoms with van der Waals surface area (Å²) in [5, 5.41) is 3.94. The first-order chi connectivity index (χ1) is 10.6. The first kappa shape index (κ1) is 14.9. The van der Waals surface area contributed by atoms with Gasteiger partial charge in [0.15, 0.2) is 6.10 Å². The van der Waals surface area contributed by atoms with E-state index < -0.39 is 11.7 Å². The third kappa shape index (κ3) is 2.93. The van der Waals surface area contributed by atoms with Gasteiger partial charge in [-0.25, -0.2) is 9.97 Å². The molecule has 0 spiro atoms. The zero-order valence-corrected chi connectivity index (χ0v) is 12.8. The second-order valence-electron chi connectivity index (χ2n) is 5.33. The fourth-order valence-corrected chi connectivity index (χ4v) is 2.22. The van der Waals surface area contributed by atoms with Crippen LogP contribution in [0.2, 0.25) is 0 Å². The van der Waals surface area contributed by atoms with Crippen molar-refractivity contribution in [2.24, 2.45) is 0 Å². The lowest BCUT2D eigenvalue weighted by atomic mass is 10.0. The maximum absolute atomic E-state index is 5.70. The molecule has 0 bridgehead atoms. The number of rotatable bonds is 4. The van der Waals surface area contributed by atoms with Crippen LogP contribution in [-0.4, -0.2) is 45.5 Å². The number of ether oxygens (including phenoxy) is 3. The molecule has 0 aliphatic carbocycles. The van der Waals surface area contributed by atoms with Gasteiger partial charge in [0.05, 0.1) is 37.8 Å². The van der Waals surface area contributed by atoms with Gasteiger partial charge in [-0.1, -0.05) is 5.16 Å². The van der Waals surface area contributed by atoms with Crippen LogP contribution in [-0.2, 0) is 9.47 Å². The molecule has 22 heavy (non-hydrogen) atoms. The van der Waals surface area contributed by atoms with Crippen LogP contribution in [0, 0.1) is 0 Å². The van der Waals surface area contributed by atoms with Crippen LogP contribution in [0.25, 0.3) is 11.5 Å². The van der Waals surface area contributed by atoms with E-state index >= 15 is 0 Å². The molecule has 3 heterocycles. The minimum absolute atomic E-state index is 0.357. The second kappa shape index (κ2) is 5.98. The summed E-state index contributed by atoms with van der Waals surface area (Å²) < 4.78 is 22.0. The Kier molecular flexibility index (Phi) is 4.04. The Balaban J connectivity index is 1.81. The predicted octanol–water partition coefficient (Wildman–Crippen LogP) is 1.79. The molecule has 1 atom stereocenters. The van der Waals surface area contributed by atoms with E-state index in [9.17, 15) is 0 Å².